The van der Waals surface area contributed by atoms with Gasteiger partial charge < -0.3 is 25.0 Å². The lowest BCUT2D eigenvalue weighted by Crippen LogP contribution is -2.42. The molecule has 1 aliphatic carbocycles. The minimum Gasteiger partial charge on any atom is -0.395 e. The Morgan fingerprint density at radius 1 is 1.20 bits per heavy atom. The Bertz CT molecular complexity index is 886. The largest absolute Gasteiger partial charge is 0.395 e. The third-order valence-electron chi connectivity index (χ3n) is 5.87. The van der Waals surface area contributed by atoms with Gasteiger partial charge in [0.25, 0.3) is 0 Å². The molecule has 0 unspecified atom stereocenters. The molecule has 1 aliphatic heterocycles. The minimum absolute atomic E-state index is 0.0480. The number of ether oxygens (including phenoxy) is 1. The molecule has 1 saturated heterocycles. The quantitative estimate of drug-likeness (QED) is 0.751. The third-order valence-corrected chi connectivity index (χ3v) is 6.18. The van der Waals surface area contributed by atoms with Crippen molar-refractivity contribution in [1.82, 2.24) is 4.90 Å². The highest BCUT2D eigenvalue weighted by molar-refractivity contribution is 6.34. The Morgan fingerprint density at radius 2 is 2.00 bits per heavy atom. The van der Waals surface area contributed by atoms with Gasteiger partial charge in [0.1, 0.15) is 0 Å². The van der Waals surface area contributed by atoms with Crippen molar-refractivity contribution in [3.05, 3.63) is 58.6 Å². The highest BCUT2D eigenvalue weighted by atomic mass is 35.5. The number of aliphatic hydroxyl groups excluding tert-OH is 1. The standard InChI is InChI=1S/C23H28ClN3O3/c24-19-8-4-9-20(22(19)26-12-15-30-16-13-26)25-23(29)27(11-14-28)21-10-3-6-17-5-1-2-7-18(17)21/h1-2,4-5,7-9,21,28H,3,6,10-16H2,(H,25,29)/t21-/m1/s1. The lowest BCUT2D eigenvalue weighted by Gasteiger charge is -2.36. The van der Waals surface area contributed by atoms with Crippen LogP contribution in [0.15, 0.2) is 42.5 Å². The lowest BCUT2D eigenvalue weighted by atomic mass is 9.87. The van der Waals surface area contributed by atoms with Crippen molar-refractivity contribution in [3.8, 4) is 0 Å². The van der Waals surface area contributed by atoms with Crippen LogP contribution in [0, 0.1) is 0 Å². The number of benzene rings is 2. The molecule has 0 bridgehead atoms. The fourth-order valence-corrected chi connectivity index (χ4v) is 4.76. The summed E-state index contributed by atoms with van der Waals surface area (Å²) in [6.07, 6.45) is 2.93. The van der Waals surface area contributed by atoms with Crippen molar-refractivity contribution >= 4 is 29.0 Å². The minimum atomic E-state index is -0.220. The number of anilines is 2. The molecule has 7 heteroatoms. The summed E-state index contributed by atoms with van der Waals surface area (Å²) in [5, 5.41) is 13.3. The van der Waals surface area contributed by atoms with Crippen molar-refractivity contribution in [3.63, 3.8) is 0 Å². The molecule has 1 fully saturated rings. The van der Waals surface area contributed by atoms with Crippen LogP contribution in [-0.4, -0.2) is 55.5 Å². The number of rotatable bonds is 5. The lowest BCUT2D eigenvalue weighted by molar-refractivity contribution is 0.123. The van der Waals surface area contributed by atoms with Crippen molar-refractivity contribution in [1.29, 1.82) is 0 Å². The summed E-state index contributed by atoms with van der Waals surface area (Å²) in [5.41, 5.74) is 3.96. The number of halogens is 1. The molecule has 30 heavy (non-hydrogen) atoms. The third kappa shape index (κ3) is 4.41. The molecular formula is C23H28ClN3O3. The molecule has 2 amide bonds. The molecule has 2 aromatic rings. The summed E-state index contributed by atoms with van der Waals surface area (Å²) in [7, 11) is 0. The van der Waals surface area contributed by atoms with Crippen LogP contribution in [0.25, 0.3) is 0 Å². The SMILES string of the molecule is O=C(Nc1cccc(Cl)c1N1CCOCC1)N(CCO)[C@@H]1CCCc2ccccc21. The maximum Gasteiger partial charge on any atom is 0.322 e. The van der Waals surface area contributed by atoms with Crippen LogP contribution >= 0.6 is 11.6 Å². The van der Waals surface area contributed by atoms with Crippen LogP contribution in [0.5, 0.6) is 0 Å². The van der Waals surface area contributed by atoms with Gasteiger partial charge in [0.15, 0.2) is 0 Å². The van der Waals surface area contributed by atoms with Gasteiger partial charge in [-0.15, -0.1) is 0 Å². The number of amides is 2. The van der Waals surface area contributed by atoms with E-state index in [0.29, 0.717) is 23.9 Å². The number of nitrogens with one attached hydrogen (secondary N) is 1. The summed E-state index contributed by atoms with van der Waals surface area (Å²) < 4.78 is 5.46. The van der Waals surface area contributed by atoms with E-state index in [4.69, 9.17) is 16.3 Å². The number of aliphatic hydroxyl groups is 1. The Morgan fingerprint density at radius 3 is 2.80 bits per heavy atom. The molecule has 2 N–H and O–H groups in total. The Kier molecular flexibility index (Phi) is 6.77. The molecule has 0 radical (unpaired) electrons. The van der Waals surface area contributed by atoms with Gasteiger partial charge in [0, 0.05) is 19.6 Å². The van der Waals surface area contributed by atoms with E-state index in [2.05, 4.69) is 22.3 Å². The highest BCUT2D eigenvalue weighted by Crippen LogP contribution is 2.37. The number of fused-ring (bicyclic) bond motifs is 1. The number of carbonyl (C=O) groups is 1. The highest BCUT2D eigenvalue weighted by Gasteiger charge is 2.30. The van der Waals surface area contributed by atoms with Gasteiger partial charge in [-0.2, -0.15) is 0 Å². The molecule has 0 saturated carbocycles. The Hall–Kier alpha value is -2.28. The fraction of sp³-hybridized carbons (Fsp3) is 0.435. The van der Waals surface area contributed by atoms with Crippen molar-refractivity contribution in [2.45, 2.75) is 25.3 Å². The zero-order valence-corrected chi connectivity index (χ0v) is 17.8. The number of morpholine rings is 1. The Labute approximate surface area is 182 Å². The summed E-state index contributed by atoms with van der Waals surface area (Å²) in [4.78, 5) is 17.3. The van der Waals surface area contributed by atoms with Crippen LogP contribution in [0.4, 0.5) is 16.2 Å². The van der Waals surface area contributed by atoms with Crippen molar-refractivity contribution in [2.24, 2.45) is 0 Å². The number of hydrogen-bond donors (Lipinski definition) is 2. The van der Waals surface area contributed by atoms with E-state index >= 15 is 0 Å². The molecule has 0 spiro atoms. The predicted octanol–water partition coefficient (Wildman–Crippen LogP) is 4.08. The summed E-state index contributed by atoms with van der Waals surface area (Å²) in [5.74, 6) is 0. The van der Waals surface area contributed by atoms with Crippen LogP contribution in [0.2, 0.25) is 5.02 Å². The maximum atomic E-state index is 13.4. The first-order valence-electron chi connectivity index (χ1n) is 10.6. The summed E-state index contributed by atoms with van der Waals surface area (Å²) >= 11 is 6.52. The summed E-state index contributed by atoms with van der Waals surface area (Å²) in [6, 6.07) is 13.6. The summed E-state index contributed by atoms with van der Waals surface area (Å²) in [6.45, 7) is 2.91. The molecule has 160 valence electrons. The second-order valence-corrected chi connectivity index (χ2v) is 8.10. The normalized spacial score (nSPS) is 18.6. The van der Waals surface area contributed by atoms with Gasteiger partial charge in [-0.1, -0.05) is 41.9 Å². The maximum absolute atomic E-state index is 13.4. The van der Waals surface area contributed by atoms with Crippen LogP contribution in [0.1, 0.15) is 30.0 Å². The van der Waals surface area contributed by atoms with E-state index in [0.717, 1.165) is 38.0 Å². The van der Waals surface area contributed by atoms with E-state index in [1.807, 2.05) is 30.3 Å². The van der Waals surface area contributed by atoms with Crippen molar-refractivity contribution < 1.29 is 14.6 Å². The number of nitrogens with zero attached hydrogens (tertiary/aromatic N) is 2. The van der Waals surface area contributed by atoms with Crippen LogP contribution in [0.3, 0.4) is 0 Å². The second kappa shape index (κ2) is 9.69. The van der Waals surface area contributed by atoms with Crippen LogP contribution in [-0.2, 0) is 11.2 Å². The molecule has 1 heterocycles. The number of para-hydroxylation sites is 1. The molecule has 1 atom stereocenters. The molecule has 0 aromatic heterocycles. The number of aryl methyl sites for hydroxylation is 1. The predicted molar refractivity (Wildman–Crippen MR) is 119 cm³/mol. The fourth-order valence-electron chi connectivity index (χ4n) is 4.47. The van der Waals surface area contributed by atoms with E-state index < -0.39 is 0 Å². The van der Waals surface area contributed by atoms with Crippen molar-refractivity contribution in [2.75, 3.05) is 49.7 Å². The first-order valence-corrected chi connectivity index (χ1v) is 10.9. The van der Waals surface area contributed by atoms with E-state index in [-0.39, 0.29) is 25.2 Å². The number of urea groups is 1. The van der Waals surface area contributed by atoms with Gasteiger partial charge in [0.2, 0.25) is 0 Å². The van der Waals surface area contributed by atoms with E-state index in [1.165, 1.54) is 11.1 Å². The molecule has 6 nitrogen and oxygen atoms in total. The zero-order valence-electron chi connectivity index (χ0n) is 17.0. The van der Waals surface area contributed by atoms with Gasteiger partial charge in [-0.3, -0.25) is 0 Å². The number of carbonyl (C=O) groups excluding carboxylic acids is 1. The van der Waals surface area contributed by atoms with Crippen LogP contribution < -0.4 is 10.2 Å². The molecular weight excluding hydrogens is 402 g/mol. The Balaban J connectivity index is 1.60. The molecule has 2 aliphatic rings. The number of hydrogen-bond acceptors (Lipinski definition) is 4. The molecule has 4 rings (SSSR count). The van der Waals surface area contributed by atoms with Gasteiger partial charge in [-0.05, 0) is 42.5 Å². The molecule has 2 aromatic carbocycles. The average molecular weight is 430 g/mol. The monoisotopic (exact) mass is 429 g/mol. The average Bonchev–Trinajstić information content (AvgIpc) is 2.78. The van der Waals surface area contributed by atoms with Gasteiger partial charge in [-0.25, -0.2) is 4.79 Å². The van der Waals surface area contributed by atoms with E-state index in [9.17, 15) is 9.90 Å². The first kappa shape index (κ1) is 21.0. The van der Waals surface area contributed by atoms with E-state index in [1.54, 1.807) is 4.90 Å². The topological polar surface area (TPSA) is 65.0 Å². The second-order valence-electron chi connectivity index (χ2n) is 7.69. The van der Waals surface area contributed by atoms with Gasteiger partial charge in [0.05, 0.1) is 42.3 Å². The van der Waals surface area contributed by atoms with Gasteiger partial charge >= 0.3 is 6.03 Å². The first-order chi connectivity index (χ1) is 14.7. The smallest absolute Gasteiger partial charge is 0.322 e. The zero-order chi connectivity index (χ0) is 20.9.